The van der Waals surface area contributed by atoms with E-state index in [2.05, 4.69) is 19.9 Å². The molecule has 1 fully saturated rings. The molecule has 0 spiro atoms. The number of amides is 1. The number of fused-ring (bicyclic) bond motifs is 1. The van der Waals surface area contributed by atoms with Crippen molar-refractivity contribution in [1.82, 2.24) is 33.8 Å². The first-order valence-electron chi connectivity index (χ1n) is 10.00. The predicted octanol–water partition coefficient (Wildman–Crippen LogP) is 0.505. The molecule has 158 valence electrons. The summed E-state index contributed by atoms with van der Waals surface area (Å²) in [5.41, 5.74) is 1.37. The first-order valence-corrected chi connectivity index (χ1v) is 11.6. The summed E-state index contributed by atoms with van der Waals surface area (Å²) >= 11 is 0. The molecule has 0 aliphatic carbocycles. The van der Waals surface area contributed by atoms with Crippen molar-refractivity contribution in [2.75, 3.05) is 25.4 Å². The first-order chi connectivity index (χ1) is 13.8. The summed E-state index contributed by atoms with van der Waals surface area (Å²) in [5, 5.41) is 13.0. The molecule has 0 aromatic carbocycles. The summed E-state index contributed by atoms with van der Waals surface area (Å²) in [6.45, 7) is 6.11. The minimum atomic E-state index is -3.20. The van der Waals surface area contributed by atoms with Gasteiger partial charge in [0.25, 0.3) is 5.91 Å². The fraction of sp³-hybridized carbons (Fsp3) is 0.667. The van der Waals surface area contributed by atoms with Crippen molar-refractivity contribution in [3.8, 4) is 0 Å². The van der Waals surface area contributed by atoms with E-state index >= 15 is 0 Å². The molecule has 2 aromatic rings. The number of sulfonamides is 1. The van der Waals surface area contributed by atoms with E-state index in [0.29, 0.717) is 38.4 Å². The maximum absolute atomic E-state index is 12.9. The van der Waals surface area contributed by atoms with Crippen LogP contribution >= 0.6 is 0 Å². The molecule has 10 nitrogen and oxygen atoms in total. The van der Waals surface area contributed by atoms with E-state index in [1.807, 2.05) is 6.92 Å². The molecule has 0 saturated carbocycles. The van der Waals surface area contributed by atoms with Gasteiger partial charge in [-0.15, -0.1) is 10.2 Å². The zero-order chi connectivity index (χ0) is 20.8. The van der Waals surface area contributed by atoms with E-state index in [-0.39, 0.29) is 17.6 Å². The Bertz CT molecular complexity index is 1030. The lowest BCUT2D eigenvalue weighted by molar-refractivity contribution is 0.0694. The lowest BCUT2D eigenvalue weighted by Crippen LogP contribution is -2.42. The minimum absolute atomic E-state index is 0.0355. The van der Waals surface area contributed by atoms with Crippen LogP contribution in [-0.2, 0) is 30.2 Å². The SMILES string of the molecule is CCS(=O)(=O)N1CCCC(c2nnc3n2CCN(C(=O)c2cc(C)nn2C)C3)C1. The fourth-order valence-corrected chi connectivity index (χ4v) is 5.40. The van der Waals surface area contributed by atoms with E-state index in [0.717, 1.165) is 30.2 Å². The van der Waals surface area contributed by atoms with Crippen LogP contribution in [0, 0.1) is 6.92 Å². The van der Waals surface area contributed by atoms with Gasteiger partial charge in [0.05, 0.1) is 18.0 Å². The summed E-state index contributed by atoms with van der Waals surface area (Å²) < 4.78 is 29.8. The topological polar surface area (TPSA) is 106 Å². The number of piperidine rings is 1. The molecule has 2 aromatic heterocycles. The predicted molar refractivity (Wildman–Crippen MR) is 106 cm³/mol. The highest BCUT2D eigenvalue weighted by atomic mass is 32.2. The van der Waals surface area contributed by atoms with E-state index in [9.17, 15) is 13.2 Å². The quantitative estimate of drug-likeness (QED) is 0.712. The monoisotopic (exact) mass is 421 g/mol. The average Bonchev–Trinajstić information content (AvgIpc) is 3.29. The van der Waals surface area contributed by atoms with Crippen LogP contribution in [0.2, 0.25) is 0 Å². The van der Waals surface area contributed by atoms with E-state index in [4.69, 9.17) is 0 Å². The van der Waals surface area contributed by atoms with Crippen LogP contribution < -0.4 is 0 Å². The van der Waals surface area contributed by atoms with Gasteiger partial charge in [-0.05, 0) is 32.8 Å². The van der Waals surface area contributed by atoms with Gasteiger partial charge in [-0.2, -0.15) is 5.10 Å². The third-order valence-electron chi connectivity index (χ3n) is 5.80. The second-order valence-corrected chi connectivity index (χ2v) is 10.0. The van der Waals surface area contributed by atoms with Gasteiger partial charge in [0.15, 0.2) is 5.82 Å². The Labute approximate surface area is 170 Å². The normalized spacial score (nSPS) is 20.7. The Morgan fingerprint density at radius 2 is 2.03 bits per heavy atom. The van der Waals surface area contributed by atoms with Crippen LogP contribution in [0.4, 0.5) is 0 Å². The molecular weight excluding hydrogens is 394 g/mol. The van der Waals surface area contributed by atoms with Crippen molar-refractivity contribution in [1.29, 1.82) is 0 Å². The smallest absolute Gasteiger partial charge is 0.272 e. The standard InChI is InChI=1S/C18H27N7O3S/c1-4-29(27,28)24-7-5-6-14(11-24)17-20-19-16-12-23(8-9-25(16)17)18(26)15-10-13(2)21-22(15)3/h10,14H,4-9,11-12H2,1-3H3. The fourth-order valence-electron chi connectivity index (χ4n) is 4.22. The lowest BCUT2D eigenvalue weighted by atomic mass is 9.98. The maximum atomic E-state index is 12.9. The third-order valence-corrected chi connectivity index (χ3v) is 7.65. The molecule has 1 atom stereocenters. The second-order valence-electron chi connectivity index (χ2n) is 7.75. The Morgan fingerprint density at radius 3 is 2.72 bits per heavy atom. The highest BCUT2D eigenvalue weighted by Gasteiger charge is 2.33. The lowest BCUT2D eigenvalue weighted by Gasteiger charge is -2.33. The number of rotatable bonds is 4. The molecule has 0 bridgehead atoms. The van der Waals surface area contributed by atoms with Crippen molar-refractivity contribution in [2.45, 2.75) is 45.7 Å². The van der Waals surface area contributed by atoms with Crippen molar-refractivity contribution in [3.05, 3.63) is 29.1 Å². The molecule has 4 heterocycles. The first kappa shape index (κ1) is 20.0. The number of aromatic nitrogens is 5. The van der Waals surface area contributed by atoms with Gasteiger partial charge in [-0.3, -0.25) is 9.48 Å². The average molecular weight is 422 g/mol. The van der Waals surface area contributed by atoms with Gasteiger partial charge in [-0.25, -0.2) is 12.7 Å². The van der Waals surface area contributed by atoms with Gasteiger partial charge in [-0.1, -0.05) is 0 Å². The van der Waals surface area contributed by atoms with Crippen LogP contribution in [0.25, 0.3) is 0 Å². The van der Waals surface area contributed by atoms with E-state index in [1.165, 1.54) is 0 Å². The van der Waals surface area contributed by atoms with Crippen LogP contribution in [0.3, 0.4) is 0 Å². The molecule has 11 heteroatoms. The Kier molecular flexibility index (Phi) is 5.19. The molecule has 1 unspecified atom stereocenters. The highest BCUT2D eigenvalue weighted by molar-refractivity contribution is 7.89. The van der Waals surface area contributed by atoms with Gasteiger partial charge in [0.2, 0.25) is 10.0 Å². The van der Waals surface area contributed by atoms with Gasteiger partial charge >= 0.3 is 0 Å². The number of hydrogen-bond donors (Lipinski definition) is 0. The molecule has 2 aliphatic rings. The molecule has 0 radical (unpaired) electrons. The summed E-state index contributed by atoms with van der Waals surface area (Å²) in [6, 6.07) is 1.79. The van der Waals surface area contributed by atoms with Crippen LogP contribution in [0.15, 0.2) is 6.07 Å². The molecule has 1 amide bonds. The molecular formula is C18H27N7O3S. The molecule has 0 N–H and O–H groups in total. The van der Waals surface area contributed by atoms with Crippen molar-refractivity contribution >= 4 is 15.9 Å². The van der Waals surface area contributed by atoms with Gasteiger partial charge < -0.3 is 9.47 Å². The Balaban J connectivity index is 1.51. The number of carbonyl (C=O) groups excluding carboxylic acids is 1. The van der Waals surface area contributed by atoms with Crippen molar-refractivity contribution in [3.63, 3.8) is 0 Å². The molecule has 29 heavy (non-hydrogen) atoms. The van der Waals surface area contributed by atoms with Crippen LogP contribution in [-0.4, -0.2) is 73.5 Å². The number of aryl methyl sites for hydroxylation is 2. The zero-order valence-corrected chi connectivity index (χ0v) is 17.9. The third kappa shape index (κ3) is 3.68. The van der Waals surface area contributed by atoms with Gasteiger partial charge in [0, 0.05) is 39.1 Å². The zero-order valence-electron chi connectivity index (χ0n) is 17.1. The minimum Gasteiger partial charge on any atom is -0.328 e. The molecule has 2 aliphatic heterocycles. The molecule has 4 rings (SSSR count). The van der Waals surface area contributed by atoms with Crippen molar-refractivity contribution in [2.24, 2.45) is 7.05 Å². The largest absolute Gasteiger partial charge is 0.328 e. The second kappa shape index (κ2) is 7.52. The number of nitrogens with zero attached hydrogens (tertiary/aromatic N) is 7. The molecule has 1 saturated heterocycles. The Hall–Kier alpha value is -2.27. The van der Waals surface area contributed by atoms with E-state index < -0.39 is 10.0 Å². The van der Waals surface area contributed by atoms with Crippen LogP contribution in [0.5, 0.6) is 0 Å². The van der Waals surface area contributed by atoms with E-state index in [1.54, 1.807) is 33.9 Å². The highest BCUT2D eigenvalue weighted by Crippen LogP contribution is 2.29. The Morgan fingerprint density at radius 1 is 1.24 bits per heavy atom. The summed E-state index contributed by atoms with van der Waals surface area (Å²) in [6.07, 6.45) is 1.71. The van der Waals surface area contributed by atoms with Crippen LogP contribution in [0.1, 0.15) is 53.5 Å². The number of carbonyl (C=O) groups is 1. The summed E-state index contributed by atoms with van der Waals surface area (Å²) in [4.78, 5) is 14.6. The van der Waals surface area contributed by atoms with Gasteiger partial charge in [0.1, 0.15) is 11.5 Å². The van der Waals surface area contributed by atoms with Crippen molar-refractivity contribution < 1.29 is 13.2 Å². The maximum Gasteiger partial charge on any atom is 0.272 e. The summed E-state index contributed by atoms with van der Waals surface area (Å²) in [5.74, 6) is 1.66. The summed E-state index contributed by atoms with van der Waals surface area (Å²) in [7, 11) is -1.44. The number of hydrogen-bond acceptors (Lipinski definition) is 6.